The van der Waals surface area contributed by atoms with E-state index in [0.29, 0.717) is 15.8 Å². The molecule has 118 valence electrons. The molecule has 8 heteroatoms. The van der Waals surface area contributed by atoms with E-state index in [2.05, 4.69) is 4.98 Å². The molecule has 0 aliphatic carbocycles. The van der Waals surface area contributed by atoms with Crippen molar-refractivity contribution in [2.24, 2.45) is 5.73 Å². The molecule has 1 aromatic carbocycles. The molecular formula is C14H15Cl2N3O3. The molecule has 0 spiro atoms. The highest BCUT2D eigenvalue weighted by molar-refractivity contribution is 6.42. The van der Waals surface area contributed by atoms with Crippen molar-refractivity contribution >= 4 is 29.1 Å². The van der Waals surface area contributed by atoms with Crippen LogP contribution in [-0.4, -0.2) is 33.3 Å². The number of benzene rings is 1. The fourth-order valence-electron chi connectivity index (χ4n) is 1.87. The first-order chi connectivity index (χ1) is 10.4. The van der Waals surface area contributed by atoms with Crippen molar-refractivity contribution in [1.29, 1.82) is 0 Å². The number of imidazole rings is 1. The number of primary amides is 1. The summed E-state index contributed by atoms with van der Waals surface area (Å²) in [6, 6.07) is 4.45. The molecule has 0 fully saturated rings. The Labute approximate surface area is 137 Å². The molecule has 0 aliphatic rings. The summed E-state index contributed by atoms with van der Waals surface area (Å²) in [5.41, 5.74) is 5.29. The van der Waals surface area contributed by atoms with E-state index < -0.39 is 18.1 Å². The molecule has 0 aliphatic heterocycles. The summed E-state index contributed by atoms with van der Waals surface area (Å²) in [5, 5.41) is 10.7. The Balaban J connectivity index is 2.11. The van der Waals surface area contributed by atoms with Gasteiger partial charge in [0.05, 0.1) is 28.5 Å². The third-order valence-corrected chi connectivity index (χ3v) is 3.84. The third kappa shape index (κ3) is 3.91. The predicted octanol–water partition coefficient (Wildman–Crippen LogP) is 2.29. The van der Waals surface area contributed by atoms with Gasteiger partial charge in [0.2, 0.25) is 0 Å². The van der Waals surface area contributed by atoms with Crippen LogP contribution in [0.3, 0.4) is 0 Å². The van der Waals surface area contributed by atoms with Gasteiger partial charge in [0.15, 0.2) is 0 Å². The van der Waals surface area contributed by atoms with E-state index in [-0.39, 0.29) is 12.3 Å². The number of nitrogens with zero attached hydrogens (tertiary/aromatic N) is 2. The van der Waals surface area contributed by atoms with Gasteiger partial charge in [0.1, 0.15) is 18.1 Å². The summed E-state index contributed by atoms with van der Waals surface area (Å²) >= 11 is 11.8. The van der Waals surface area contributed by atoms with E-state index in [9.17, 15) is 9.90 Å². The molecule has 0 unspecified atom stereocenters. The largest absolute Gasteiger partial charge is 0.491 e. The van der Waals surface area contributed by atoms with Crippen LogP contribution in [0.1, 0.15) is 23.5 Å². The van der Waals surface area contributed by atoms with Crippen molar-refractivity contribution in [3.05, 3.63) is 46.5 Å². The van der Waals surface area contributed by atoms with E-state index in [1.54, 1.807) is 29.7 Å². The fraction of sp³-hybridized carbons (Fsp3) is 0.286. The number of hydrogen-bond acceptors (Lipinski definition) is 4. The van der Waals surface area contributed by atoms with Crippen molar-refractivity contribution in [2.45, 2.75) is 19.1 Å². The van der Waals surface area contributed by atoms with E-state index in [1.165, 1.54) is 12.5 Å². The molecule has 2 atom stereocenters. The Bertz CT molecular complexity index is 673. The number of amides is 1. The molecule has 22 heavy (non-hydrogen) atoms. The zero-order chi connectivity index (χ0) is 16.3. The molecule has 0 radical (unpaired) electrons. The monoisotopic (exact) mass is 343 g/mol. The van der Waals surface area contributed by atoms with Crippen LogP contribution in [0, 0.1) is 0 Å². The maximum atomic E-state index is 11.1. The molecule has 6 nitrogen and oxygen atoms in total. The normalized spacial score (nSPS) is 13.6. The first-order valence-electron chi connectivity index (χ1n) is 6.47. The predicted molar refractivity (Wildman–Crippen MR) is 83.4 cm³/mol. The number of halogens is 2. The molecule has 1 amide bonds. The average molecular weight is 344 g/mol. The Morgan fingerprint density at radius 2 is 2.18 bits per heavy atom. The lowest BCUT2D eigenvalue weighted by Gasteiger charge is -2.21. The molecule has 2 rings (SSSR count). The highest BCUT2D eigenvalue weighted by atomic mass is 35.5. The number of nitrogens with two attached hydrogens (primary N) is 1. The Kier molecular flexibility index (Phi) is 5.28. The van der Waals surface area contributed by atoms with Gasteiger partial charge in [0.25, 0.3) is 5.91 Å². The van der Waals surface area contributed by atoms with Crippen LogP contribution >= 0.6 is 23.2 Å². The minimum Gasteiger partial charge on any atom is -0.491 e. The number of carbonyl (C=O) groups excluding carboxylic acids is 1. The number of carbonyl (C=O) groups is 1. The quantitative estimate of drug-likeness (QED) is 0.841. The van der Waals surface area contributed by atoms with Gasteiger partial charge in [-0.1, -0.05) is 23.2 Å². The standard InChI is InChI=1S/C14H15Cl2N3O3/c1-8(20)13(19-5-12(14(17)21)18-7-19)6-22-9-2-3-10(15)11(16)4-9/h2-5,7-8,13,20H,6H2,1H3,(H2,17,21)/t8-,13-/m1/s1. The Hall–Kier alpha value is -1.76. The molecule has 2 aromatic rings. The van der Waals surface area contributed by atoms with Gasteiger partial charge in [-0.2, -0.15) is 0 Å². The number of rotatable bonds is 6. The fourth-order valence-corrected chi connectivity index (χ4v) is 2.16. The molecular weight excluding hydrogens is 329 g/mol. The highest BCUT2D eigenvalue weighted by Gasteiger charge is 2.19. The number of aliphatic hydroxyl groups excluding tert-OH is 1. The number of aliphatic hydroxyl groups is 1. The Morgan fingerprint density at radius 3 is 2.73 bits per heavy atom. The highest BCUT2D eigenvalue weighted by Crippen LogP contribution is 2.27. The molecule has 0 saturated carbocycles. The number of ether oxygens (including phenoxy) is 1. The average Bonchev–Trinajstić information content (AvgIpc) is 2.92. The van der Waals surface area contributed by atoms with E-state index in [1.807, 2.05) is 0 Å². The maximum absolute atomic E-state index is 11.1. The summed E-state index contributed by atoms with van der Waals surface area (Å²) in [6.45, 7) is 1.77. The summed E-state index contributed by atoms with van der Waals surface area (Å²) in [4.78, 5) is 15.0. The zero-order valence-corrected chi connectivity index (χ0v) is 13.3. The van der Waals surface area contributed by atoms with E-state index in [4.69, 9.17) is 33.7 Å². The first-order valence-corrected chi connectivity index (χ1v) is 7.23. The van der Waals surface area contributed by atoms with Crippen LogP contribution in [0.15, 0.2) is 30.7 Å². The van der Waals surface area contributed by atoms with Crippen LogP contribution in [0.25, 0.3) is 0 Å². The third-order valence-electron chi connectivity index (χ3n) is 3.11. The lowest BCUT2D eigenvalue weighted by molar-refractivity contribution is 0.0936. The van der Waals surface area contributed by atoms with Crippen molar-refractivity contribution in [1.82, 2.24) is 9.55 Å². The first kappa shape index (κ1) is 16.6. The van der Waals surface area contributed by atoms with Crippen molar-refractivity contribution in [3.8, 4) is 5.75 Å². The lowest BCUT2D eigenvalue weighted by atomic mass is 10.2. The molecule has 0 saturated heterocycles. The van der Waals surface area contributed by atoms with Crippen LogP contribution in [-0.2, 0) is 0 Å². The number of hydrogen-bond donors (Lipinski definition) is 2. The lowest BCUT2D eigenvalue weighted by Crippen LogP contribution is -2.26. The van der Waals surface area contributed by atoms with Gasteiger partial charge in [-0.05, 0) is 19.1 Å². The van der Waals surface area contributed by atoms with E-state index in [0.717, 1.165) is 0 Å². The van der Waals surface area contributed by atoms with Crippen molar-refractivity contribution in [3.63, 3.8) is 0 Å². The van der Waals surface area contributed by atoms with E-state index >= 15 is 0 Å². The smallest absolute Gasteiger partial charge is 0.268 e. The second-order valence-electron chi connectivity index (χ2n) is 4.77. The SMILES string of the molecule is C[C@@H](O)[C@@H](COc1ccc(Cl)c(Cl)c1)n1cnc(C(N)=O)c1. The number of aromatic nitrogens is 2. The second kappa shape index (κ2) is 7.00. The zero-order valence-electron chi connectivity index (χ0n) is 11.7. The molecule has 1 aromatic heterocycles. The Morgan fingerprint density at radius 1 is 1.45 bits per heavy atom. The summed E-state index contributed by atoms with van der Waals surface area (Å²) in [7, 11) is 0. The van der Waals surface area contributed by atoms with Gasteiger partial charge in [0, 0.05) is 12.3 Å². The minimum absolute atomic E-state index is 0.125. The second-order valence-corrected chi connectivity index (χ2v) is 5.58. The molecule has 0 bridgehead atoms. The van der Waals surface area contributed by atoms with Gasteiger partial charge in [-0.3, -0.25) is 4.79 Å². The summed E-state index contributed by atoms with van der Waals surface area (Å²) < 4.78 is 7.21. The summed E-state index contributed by atoms with van der Waals surface area (Å²) in [6.07, 6.45) is 2.17. The van der Waals surface area contributed by atoms with Crippen molar-refractivity contribution < 1.29 is 14.6 Å². The van der Waals surface area contributed by atoms with Gasteiger partial charge >= 0.3 is 0 Å². The van der Waals surface area contributed by atoms with Gasteiger partial charge in [-0.15, -0.1) is 0 Å². The van der Waals surface area contributed by atoms with Gasteiger partial charge in [-0.25, -0.2) is 4.98 Å². The summed E-state index contributed by atoms with van der Waals surface area (Å²) in [5.74, 6) is -0.108. The molecule has 1 heterocycles. The van der Waals surface area contributed by atoms with Crippen LogP contribution in [0.4, 0.5) is 0 Å². The minimum atomic E-state index is -0.724. The maximum Gasteiger partial charge on any atom is 0.268 e. The van der Waals surface area contributed by atoms with Gasteiger partial charge < -0.3 is 20.1 Å². The van der Waals surface area contributed by atoms with Crippen molar-refractivity contribution in [2.75, 3.05) is 6.61 Å². The van der Waals surface area contributed by atoms with Crippen LogP contribution < -0.4 is 10.5 Å². The van der Waals surface area contributed by atoms with Crippen LogP contribution in [0.5, 0.6) is 5.75 Å². The molecule has 3 N–H and O–H groups in total. The van der Waals surface area contributed by atoms with Crippen LogP contribution in [0.2, 0.25) is 10.0 Å². The topological polar surface area (TPSA) is 90.4 Å².